The maximum Gasteiger partial charge on any atom is 0.191 e. The van der Waals surface area contributed by atoms with E-state index >= 15 is 0 Å². The van der Waals surface area contributed by atoms with Crippen LogP contribution in [0.25, 0.3) is 10.2 Å². The summed E-state index contributed by atoms with van der Waals surface area (Å²) in [5.41, 5.74) is 2.25. The Kier molecular flexibility index (Phi) is 7.43. The number of thiazole rings is 1. The van der Waals surface area contributed by atoms with E-state index in [9.17, 15) is 4.79 Å². The lowest BCUT2D eigenvalue weighted by molar-refractivity contribution is 0.0977. The number of nitrogens with zero attached hydrogens (tertiary/aromatic N) is 3. The molecule has 28 heavy (non-hydrogen) atoms. The van der Waals surface area contributed by atoms with Gasteiger partial charge in [0, 0.05) is 38.3 Å². The van der Waals surface area contributed by atoms with Crippen molar-refractivity contribution in [3.63, 3.8) is 0 Å². The van der Waals surface area contributed by atoms with Crippen LogP contribution in [0.2, 0.25) is 0 Å². The summed E-state index contributed by atoms with van der Waals surface area (Å²) in [7, 11) is 0. The molecule has 1 aliphatic heterocycles. The van der Waals surface area contributed by atoms with E-state index < -0.39 is 0 Å². The normalized spacial score (nSPS) is 14.8. The van der Waals surface area contributed by atoms with Crippen LogP contribution in [0.3, 0.4) is 0 Å². The van der Waals surface area contributed by atoms with E-state index in [1.165, 1.54) is 17.0 Å². The molecule has 0 unspecified atom stereocenters. The van der Waals surface area contributed by atoms with Gasteiger partial charge in [-0.1, -0.05) is 30.3 Å². The van der Waals surface area contributed by atoms with E-state index in [1.807, 2.05) is 24.3 Å². The van der Waals surface area contributed by atoms with Crippen molar-refractivity contribution in [1.29, 1.82) is 0 Å². The fourth-order valence-electron chi connectivity index (χ4n) is 3.59. The molecule has 0 saturated carbocycles. The molecule has 4 nitrogen and oxygen atoms in total. The summed E-state index contributed by atoms with van der Waals surface area (Å²) in [6.07, 6.45) is 2.61. The number of benzene rings is 2. The van der Waals surface area contributed by atoms with Crippen molar-refractivity contribution < 1.29 is 4.79 Å². The third-order valence-electron chi connectivity index (χ3n) is 5.15. The zero-order chi connectivity index (χ0) is 18.5. The zero-order valence-electron chi connectivity index (χ0n) is 15.9. The van der Waals surface area contributed by atoms with Crippen LogP contribution >= 0.6 is 23.7 Å². The Morgan fingerprint density at radius 3 is 2.39 bits per heavy atom. The van der Waals surface area contributed by atoms with Crippen LogP contribution in [0.1, 0.15) is 29.1 Å². The van der Waals surface area contributed by atoms with Crippen molar-refractivity contribution in [3.8, 4) is 0 Å². The van der Waals surface area contributed by atoms with Crippen LogP contribution in [-0.2, 0) is 0 Å². The first-order valence-electron chi connectivity index (χ1n) is 9.71. The zero-order valence-corrected chi connectivity index (χ0v) is 17.6. The number of Topliss-reactive ketones (excluding diaryl/α,β-unsaturated/α-hetero) is 1. The third kappa shape index (κ3) is 5.10. The van der Waals surface area contributed by atoms with Gasteiger partial charge in [0.25, 0.3) is 0 Å². The van der Waals surface area contributed by atoms with Crippen molar-refractivity contribution in [3.05, 3.63) is 59.6 Å². The van der Waals surface area contributed by atoms with E-state index in [-0.39, 0.29) is 18.2 Å². The molecule has 1 aliphatic rings. The number of hydrogen-bond acceptors (Lipinski definition) is 5. The maximum atomic E-state index is 12.4. The Morgan fingerprint density at radius 2 is 1.64 bits per heavy atom. The largest absolute Gasteiger partial charge is 0.369 e. The number of aromatic nitrogens is 1. The number of rotatable bonds is 7. The Hall–Kier alpha value is -1.95. The molecule has 0 N–H and O–H groups in total. The maximum absolute atomic E-state index is 12.4. The highest BCUT2D eigenvalue weighted by atomic mass is 35.5. The van der Waals surface area contributed by atoms with Gasteiger partial charge in [-0.2, -0.15) is 0 Å². The van der Waals surface area contributed by atoms with Gasteiger partial charge in [-0.05, 0) is 43.7 Å². The smallest absolute Gasteiger partial charge is 0.191 e. The highest BCUT2D eigenvalue weighted by Gasteiger charge is 2.17. The minimum atomic E-state index is 0. The molecule has 0 spiro atoms. The number of hydrogen-bond donors (Lipinski definition) is 0. The minimum absolute atomic E-state index is 0. The number of halogens is 1. The Labute approximate surface area is 176 Å². The van der Waals surface area contributed by atoms with Crippen molar-refractivity contribution in [2.24, 2.45) is 0 Å². The van der Waals surface area contributed by atoms with Gasteiger partial charge in [0.05, 0.1) is 10.2 Å². The van der Waals surface area contributed by atoms with Crippen molar-refractivity contribution in [2.45, 2.75) is 19.3 Å². The Morgan fingerprint density at radius 1 is 0.929 bits per heavy atom. The Bertz CT molecular complexity index is 858. The molecule has 1 saturated heterocycles. The van der Waals surface area contributed by atoms with Crippen LogP contribution in [0.15, 0.2) is 54.6 Å². The van der Waals surface area contributed by atoms with Crippen LogP contribution in [-0.4, -0.2) is 48.4 Å². The number of unbranched alkanes of at least 4 members (excludes halogenated alkanes) is 1. The first-order valence-corrected chi connectivity index (χ1v) is 10.5. The molecule has 2 aromatic carbocycles. The minimum Gasteiger partial charge on any atom is -0.369 e. The average molecular weight is 416 g/mol. The van der Waals surface area contributed by atoms with Crippen LogP contribution < -0.4 is 4.90 Å². The number of para-hydroxylation sites is 2. The van der Waals surface area contributed by atoms with Gasteiger partial charge in [-0.15, -0.1) is 23.7 Å². The topological polar surface area (TPSA) is 36.4 Å². The molecule has 3 aromatic rings. The molecular formula is C22H26ClN3OS. The predicted molar refractivity (Wildman–Crippen MR) is 120 cm³/mol. The average Bonchev–Trinajstić information content (AvgIpc) is 3.17. The molecular weight excluding hydrogens is 390 g/mol. The second-order valence-corrected chi connectivity index (χ2v) is 8.06. The predicted octanol–water partition coefficient (Wildman–Crippen LogP) is 4.89. The van der Waals surface area contributed by atoms with Gasteiger partial charge in [0.15, 0.2) is 10.8 Å². The molecule has 2 heterocycles. The van der Waals surface area contributed by atoms with Crippen molar-refractivity contribution in [1.82, 2.24) is 9.88 Å². The lowest BCUT2D eigenvalue weighted by Gasteiger charge is -2.36. The summed E-state index contributed by atoms with van der Waals surface area (Å²) in [6.45, 7) is 5.43. The summed E-state index contributed by atoms with van der Waals surface area (Å²) >= 11 is 1.51. The second-order valence-electron chi connectivity index (χ2n) is 7.03. The highest BCUT2D eigenvalue weighted by molar-refractivity contribution is 7.20. The van der Waals surface area contributed by atoms with E-state index in [4.69, 9.17) is 0 Å². The van der Waals surface area contributed by atoms with Gasteiger partial charge in [-0.25, -0.2) is 4.98 Å². The van der Waals surface area contributed by atoms with Gasteiger partial charge < -0.3 is 4.90 Å². The van der Waals surface area contributed by atoms with Gasteiger partial charge in [0.2, 0.25) is 0 Å². The molecule has 4 rings (SSSR count). The number of ketones is 1. The first kappa shape index (κ1) is 20.8. The summed E-state index contributed by atoms with van der Waals surface area (Å²) in [4.78, 5) is 21.8. The molecule has 0 amide bonds. The molecule has 6 heteroatoms. The molecule has 0 aliphatic carbocycles. The van der Waals surface area contributed by atoms with Crippen molar-refractivity contribution in [2.75, 3.05) is 37.6 Å². The Balaban J connectivity index is 0.00000225. The molecule has 148 valence electrons. The number of piperazine rings is 1. The van der Waals surface area contributed by atoms with Crippen LogP contribution in [0, 0.1) is 0 Å². The van der Waals surface area contributed by atoms with Crippen LogP contribution in [0.5, 0.6) is 0 Å². The van der Waals surface area contributed by atoms with E-state index in [1.54, 1.807) is 0 Å². The highest BCUT2D eigenvalue weighted by Crippen LogP contribution is 2.23. The summed E-state index contributed by atoms with van der Waals surface area (Å²) < 4.78 is 1.09. The second kappa shape index (κ2) is 10.0. The summed E-state index contributed by atoms with van der Waals surface area (Å²) in [5, 5.41) is 0.660. The van der Waals surface area contributed by atoms with Gasteiger partial charge >= 0.3 is 0 Å². The third-order valence-corrected chi connectivity index (χ3v) is 6.23. The van der Waals surface area contributed by atoms with E-state index in [2.05, 4.69) is 45.1 Å². The SMILES string of the molecule is Cl.O=C(CCCCN1CCN(c2ccccc2)CC1)c1nc2ccccc2s1. The lowest BCUT2D eigenvalue weighted by atomic mass is 10.1. The lowest BCUT2D eigenvalue weighted by Crippen LogP contribution is -2.46. The fraction of sp³-hybridized carbons (Fsp3) is 0.364. The molecule has 0 atom stereocenters. The number of carbonyl (C=O) groups is 1. The number of carbonyl (C=O) groups excluding carboxylic acids is 1. The number of fused-ring (bicyclic) bond motifs is 1. The number of anilines is 1. The monoisotopic (exact) mass is 415 g/mol. The van der Waals surface area contributed by atoms with E-state index in [0.717, 1.165) is 55.8 Å². The first-order chi connectivity index (χ1) is 13.3. The van der Waals surface area contributed by atoms with Gasteiger partial charge in [0.1, 0.15) is 0 Å². The molecule has 1 fully saturated rings. The molecule has 1 aromatic heterocycles. The standard InChI is InChI=1S/C22H25N3OS.ClH/c26-20(22-23-19-10-4-5-12-21(19)27-22)11-6-7-13-24-14-16-25(17-15-24)18-8-2-1-3-9-18;/h1-5,8-10,12H,6-7,11,13-17H2;1H. The quantitative estimate of drug-likeness (QED) is 0.406. The van der Waals surface area contributed by atoms with E-state index in [0.29, 0.717) is 11.4 Å². The fourth-order valence-corrected chi connectivity index (χ4v) is 4.52. The summed E-state index contributed by atoms with van der Waals surface area (Å²) in [6, 6.07) is 18.6. The van der Waals surface area contributed by atoms with Crippen LogP contribution in [0.4, 0.5) is 5.69 Å². The van der Waals surface area contributed by atoms with Gasteiger partial charge in [-0.3, -0.25) is 9.69 Å². The summed E-state index contributed by atoms with van der Waals surface area (Å²) in [5.74, 6) is 0.185. The van der Waals surface area contributed by atoms with Crippen molar-refractivity contribution >= 4 is 45.4 Å². The molecule has 0 bridgehead atoms. The molecule has 0 radical (unpaired) electrons.